The van der Waals surface area contributed by atoms with Crippen molar-refractivity contribution >= 4 is 35.0 Å². The molecule has 0 fully saturated rings. The number of anilines is 1. The number of nitrogens with zero attached hydrogens (tertiary/aromatic N) is 3. The molecule has 0 atom stereocenters. The normalized spacial score (nSPS) is 10.7. The second kappa shape index (κ2) is 10.4. The van der Waals surface area contributed by atoms with Gasteiger partial charge in [-0.3, -0.25) is 4.79 Å². The van der Waals surface area contributed by atoms with E-state index in [9.17, 15) is 4.79 Å². The molecule has 0 bridgehead atoms. The zero-order valence-electron chi connectivity index (χ0n) is 17.0. The molecule has 0 saturated heterocycles. The van der Waals surface area contributed by atoms with Crippen LogP contribution in [0.15, 0.2) is 47.6 Å². The minimum atomic E-state index is -0.135. The van der Waals surface area contributed by atoms with E-state index in [0.29, 0.717) is 39.8 Å². The Labute approximate surface area is 184 Å². The molecule has 2 aromatic carbocycles. The maximum absolute atomic E-state index is 12.2. The van der Waals surface area contributed by atoms with Crippen molar-refractivity contribution in [1.29, 1.82) is 0 Å². The first-order valence-electron chi connectivity index (χ1n) is 9.39. The molecular weight excluding hydrogens is 424 g/mol. The zero-order chi connectivity index (χ0) is 21.5. The summed E-state index contributed by atoms with van der Waals surface area (Å²) in [6, 6.07) is 12.8. The van der Waals surface area contributed by atoms with Gasteiger partial charge in [-0.2, -0.15) is 0 Å². The lowest BCUT2D eigenvalue weighted by Crippen LogP contribution is -2.14. The van der Waals surface area contributed by atoms with Crippen molar-refractivity contribution in [2.75, 3.05) is 17.7 Å². The van der Waals surface area contributed by atoms with Crippen LogP contribution in [0.3, 0.4) is 0 Å². The summed E-state index contributed by atoms with van der Waals surface area (Å²) in [4.78, 5) is 12.2. The van der Waals surface area contributed by atoms with E-state index in [1.807, 2.05) is 43.7 Å². The molecule has 1 amide bonds. The van der Waals surface area contributed by atoms with Crippen LogP contribution in [-0.2, 0) is 18.4 Å². The van der Waals surface area contributed by atoms with Crippen LogP contribution in [-0.4, -0.2) is 33.0 Å². The number of carbonyl (C=O) groups excluding carboxylic acids is 1. The molecule has 9 heteroatoms. The second-order valence-electron chi connectivity index (χ2n) is 6.47. The Morgan fingerprint density at radius 3 is 2.63 bits per heavy atom. The van der Waals surface area contributed by atoms with Crippen LogP contribution in [0.5, 0.6) is 11.5 Å². The first-order valence-corrected chi connectivity index (χ1v) is 10.8. The molecule has 0 aliphatic rings. The Morgan fingerprint density at radius 2 is 1.90 bits per heavy atom. The number of halogens is 1. The van der Waals surface area contributed by atoms with Gasteiger partial charge in [0.2, 0.25) is 5.91 Å². The number of hydrogen-bond acceptors (Lipinski definition) is 6. The van der Waals surface area contributed by atoms with E-state index >= 15 is 0 Å². The number of carbonyl (C=O) groups is 1. The number of hydrogen-bond donors (Lipinski definition) is 1. The number of aromatic nitrogens is 3. The molecule has 0 spiro atoms. The van der Waals surface area contributed by atoms with Crippen LogP contribution in [0.2, 0.25) is 5.02 Å². The topological polar surface area (TPSA) is 78.3 Å². The lowest BCUT2D eigenvalue weighted by atomic mass is 10.2. The maximum Gasteiger partial charge on any atom is 0.234 e. The highest BCUT2D eigenvalue weighted by Crippen LogP contribution is 2.29. The minimum absolute atomic E-state index is 0.135. The zero-order valence-corrected chi connectivity index (χ0v) is 18.6. The lowest BCUT2D eigenvalue weighted by molar-refractivity contribution is -0.113. The first kappa shape index (κ1) is 22.0. The maximum atomic E-state index is 12.2. The highest BCUT2D eigenvalue weighted by molar-refractivity contribution is 7.99. The van der Waals surface area contributed by atoms with Crippen LogP contribution in [0.1, 0.15) is 18.3 Å². The molecule has 7 nitrogen and oxygen atoms in total. The van der Waals surface area contributed by atoms with E-state index in [2.05, 4.69) is 15.5 Å². The van der Waals surface area contributed by atoms with Gasteiger partial charge in [0.25, 0.3) is 0 Å². The summed E-state index contributed by atoms with van der Waals surface area (Å²) in [5.41, 5.74) is 1.79. The van der Waals surface area contributed by atoms with Crippen LogP contribution >= 0.6 is 23.4 Å². The van der Waals surface area contributed by atoms with Crippen LogP contribution in [0, 0.1) is 6.92 Å². The number of amides is 1. The molecule has 1 heterocycles. The Balaban J connectivity index is 1.55. The monoisotopic (exact) mass is 446 g/mol. The van der Waals surface area contributed by atoms with E-state index in [1.54, 1.807) is 24.3 Å². The molecule has 30 heavy (non-hydrogen) atoms. The molecule has 0 saturated carbocycles. The Hall–Kier alpha value is -2.71. The van der Waals surface area contributed by atoms with Gasteiger partial charge in [-0.15, -0.1) is 10.2 Å². The lowest BCUT2D eigenvalue weighted by Gasteiger charge is -2.12. The van der Waals surface area contributed by atoms with Gasteiger partial charge in [0.05, 0.1) is 12.4 Å². The molecule has 0 aliphatic carbocycles. The van der Waals surface area contributed by atoms with Gasteiger partial charge in [0.15, 0.2) is 22.5 Å². The summed E-state index contributed by atoms with van der Waals surface area (Å²) in [6.45, 7) is 4.73. The fourth-order valence-corrected chi connectivity index (χ4v) is 3.46. The molecule has 1 aromatic heterocycles. The minimum Gasteiger partial charge on any atom is -0.490 e. The summed E-state index contributed by atoms with van der Waals surface area (Å²) in [7, 11) is 1.84. The Bertz CT molecular complexity index is 1010. The van der Waals surface area contributed by atoms with Crippen molar-refractivity contribution in [3.63, 3.8) is 0 Å². The van der Waals surface area contributed by atoms with Crippen molar-refractivity contribution in [3.05, 3.63) is 58.9 Å². The average molecular weight is 447 g/mol. The summed E-state index contributed by atoms with van der Waals surface area (Å²) in [5, 5.41) is 12.4. The van der Waals surface area contributed by atoms with E-state index < -0.39 is 0 Å². The standard InChI is InChI=1S/C21H23ClN4O3S/c1-4-28-18-11-14(2)5-10-17(18)29-12-19-24-25-21(26(19)3)30-13-20(27)23-16-8-6-15(22)7-9-16/h5-11H,4,12-13H2,1-3H3,(H,23,27). The summed E-state index contributed by atoms with van der Waals surface area (Å²) >= 11 is 7.16. The summed E-state index contributed by atoms with van der Waals surface area (Å²) < 4.78 is 13.3. The van der Waals surface area contributed by atoms with Gasteiger partial charge in [-0.25, -0.2) is 0 Å². The molecular formula is C21H23ClN4O3S. The van der Waals surface area contributed by atoms with Gasteiger partial charge >= 0.3 is 0 Å². The van der Waals surface area contributed by atoms with Crippen LogP contribution in [0.25, 0.3) is 0 Å². The van der Waals surface area contributed by atoms with Crippen molar-refractivity contribution in [2.24, 2.45) is 7.05 Å². The fraction of sp³-hybridized carbons (Fsp3) is 0.286. The highest BCUT2D eigenvalue weighted by atomic mass is 35.5. The van der Waals surface area contributed by atoms with Crippen molar-refractivity contribution in [2.45, 2.75) is 25.6 Å². The molecule has 0 aliphatic heterocycles. The number of nitrogens with one attached hydrogen (secondary N) is 1. The third-order valence-electron chi connectivity index (χ3n) is 4.14. The van der Waals surface area contributed by atoms with E-state index in [-0.39, 0.29) is 18.3 Å². The summed E-state index contributed by atoms with van der Waals surface area (Å²) in [5.74, 6) is 2.08. The van der Waals surface area contributed by atoms with Crippen LogP contribution < -0.4 is 14.8 Å². The van der Waals surface area contributed by atoms with Crippen molar-refractivity contribution in [3.8, 4) is 11.5 Å². The molecule has 1 N–H and O–H groups in total. The van der Waals surface area contributed by atoms with Crippen LogP contribution in [0.4, 0.5) is 5.69 Å². The van der Waals surface area contributed by atoms with Gasteiger partial charge < -0.3 is 19.4 Å². The number of benzene rings is 2. The molecule has 0 unspecified atom stereocenters. The third kappa shape index (κ3) is 5.90. The Morgan fingerprint density at radius 1 is 1.13 bits per heavy atom. The first-order chi connectivity index (χ1) is 14.5. The predicted octanol–water partition coefficient (Wildman–Crippen LogP) is 4.49. The molecule has 158 valence electrons. The molecule has 3 aromatic rings. The smallest absolute Gasteiger partial charge is 0.234 e. The summed E-state index contributed by atoms with van der Waals surface area (Å²) in [6.07, 6.45) is 0. The van der Waals surface area contributed by atoms with E-state index in [1.165, 1.54) is 11.8 Å². The average Bonchev–Trinajstić information content (AvgIpc) is 3.07. The third-order valence-corrected chi connectivity index (χ3v) is 5.41. The Kier molecular flexibility index (Phi) is 7.59. The van der Waals surface area contributed by atoms with Gasteiger partial charge in [0, 0.05) is 17.8 Å². The largest absolute Gasteiger partial charge is 0.490 e. The van der Waals surface area contributed by atoms with Gasteiger partial charge in [0.1, 0.15) is 6.61 Å². The van der Waals surface area contributed by atoms with Crippen molar-refractivity contribution < 1.29 is 14.3 Å². The quantitative estimate of drug-likeness (QED) is 0.488. The number of aryl methyl sites for hydroxylation is 1. The van der Waals surface area contributed by atoms with E-state index in [4.69, 9.17) is 21.1 Å². The fourth-order valence-electron chi connectivity index (χ4n) is 2.60. The number of ether oxygens (including phenoxy) is 2. The van der Waals surface area contributed by atoms with Gasteiger partial charge in [-0.05, 0) is 55.8 Å². The number of rotatable bonds is 9. The van der Waals surface area contributed by atoms with Gasteiger partial charge in [-0.1, -0.05) is 29.4 Å². The van der Waals surface area contributed by atoms with E-state index in [0.717, 1.165) is 5.56 Å². The predicted molar refractivity (Wildman–Crippen MR) is 118 cm³/mol. The SMILES string of the molecule is CCOc1cc(C)ccc1OCc1nnc(SCC(=O)Nc2ccc(Cl)cc2)n1C. The molecule has 0 radical (unpaired) electrons. The second-order valence-corrected chi connectivity index (χ2v) is 7.85. The van der Waals surface area contributed by atoms with Crippen molar-refractivity contribution in [1.82, 2.24) is 14.8 Å². The number of thioether (sulfide) groups is 1. The molecule has 3 rings (SSSR count). The highest BCUT2D eigenvalue weighted by Gasteiger charge is 2.13.